The predicted molar refractivity (Wildman–Crippen MR) is 94.4 cm³/mol. The highest BCUT2D eigenvalue weighted by atomic mass is 79.9. The summed E-state index contributed by atoms with van der Waals surface area (Å²) in [5.41, 5.74) is 0.242. The minimum atomic E-state index is -0.497. The molecule has 2 rings (SSSR count). The number of ether oxygens (including phenoxy) is 1. The molecule has 1 aromatic rings. The summed E-state index contributed by atoms with van der Waals surface area (Å²) in [5, 5.41) is 10.4. The van der Waals surface area contributed by atoms with Crippen LogP contribution in [0.25, 0.3) is 0 Å². The number of benzene rings is 1. The van der Waals surface area contributed by atoms with Gasteiger partial charge in [-0.15, -0.1) is 0 Å². The fourth-order valence-electron chi connectivity index (χ4n) is 3.55. The maximum absolute atomic E-state index is 10.4. The Balaban J connectivity index is 1.95. The third kappa shape index (κ3) is 4.24. The normalized spacial score (nSPS) is 22.3. The molecular weight excluding hydrogens is 342 g/mol. The molecule has 0 amide bonds. The van der Waals surface area contributed by atoms with Crippen molar-refractivity contribution in [1.29, 1.82) is 0 Å². The molecule has 0 spiro atoms. The SMILES string of the molecule is CC1(C)CCCC(C)(C)N1C[C@H](O)COc1ccccc1Br. The van der Waals surface area contributed by atoms with Crippen LogP contribution in [-0.2, 0) is 0 Å². The Morgan fingerprint density at radius 3 is 2.36 bits per heavy atom. The Morgan fingerprint density at radius 2 is 1.77 bits per heavy atom. The highest BCUT2D eigenvalue weighted by Gasteiger charge is 2.41. The van der Waals surface area contributed by atoms with E-state index in [1.807, 2.05) is 24.3 Å². The van der Waals surface area contributed by atoms with Crippen LogP contribution in [0.1, 0.15) is 47.0 Å². The molecule has 1 heterocycles. The number of aliphatic hydroxyl groups excluding tert-OH is 1. The van der Waals surface area contributed by atoms with Crippen LogP contribution in [0.3, 0.4) is 0 Å². The van der Waals surface area contributed by atoms with E-state index >= 15 is 0 Å². The van der Waals surface area contributed by atoms with Gasteiger partial charge >= 0.3 is 0 Å². The lowest BCUT2D eigenvalue weighted by molar-refractivity contribution is -0.0607. The van der Waals surface area contributed by atoms with Crippen LogP contribution in [0.15, 0.2) is 28.7 Å². The number of nitrogens with zero attached hydrogens (tertiary/aromatic N) is 1. The number of likely N-dealkylation sites (tertiary alicyclic amines) is 1. The molecule has 4 heteroatoms. The lowest BCUT2D eigenvalue weighted by Crippen LogP contribution is -2.60. The first kappa shape index (κ1) is 17.8. The Hall–Kier alpha value is -0.580. The van der Waals surface area contributed by atoms with Gasteiger partial charge in [0.2, 0.25) is 0 Å². The number of halogens is 1. The van der Waals surface area contributed by atoms with Gasteiger partial charge in [0, 0.05) is 17.6 Å². The Labute approximate surface area is 142 Å². The maximum atomic E-state index is 10.4. The zero-order valence-corrected chi connectivity index (χ0v) is 15.7. The van der Waals surface area contributed by atoms with Crippen molar-refractivity contribution in [3.8, 4) is 5.75 Å². The molecule has 1 saturated heterocycles. The Morgan fingerprint density at radius 1 is 1.18 bits per heavy atom. The molecule has 1 atom stereocenters. The Kier molecular flexibility index (Phi) is 5.57. The van der Waals surface area contributed by atoms with Crippen LogP contribution in [0, 0.1) is 0 Å². The number of piperidine rings is 1. The highest BCUT2D eigenvalue weighted by Crippen LogP contribution is 2.38. The molecule has 1 N–H and O–H groups in total. The Bertz CT molecular complexity index is 486. The van der Waals surface area contributed by atoms with Gasteiger partial charge in [0.25, 0.3) is 0 Å². The van der Waals surface area contributed by atoms with E-state index in [1.165, 1.54) is 19.3 Å². The third-order valence-corrected chi connectivity index (χ3v) is 5.35. The van der Waals surface area contributed by atoms with Crippen molar-refractivity contribution in [2.45, 2.75) is 64.1 Å². The molecule has 0 unspecified atom stereocenters. The third-order valence-electron chi connectivity index (χ3n) is 4.70. The lowest BCUT2D eigenvalue weighted by atomic mass is 9.79. The molecule has 0 bridgehead atoms. The van der Waals surface area contributed by atoms with E-state index < -0.39 is 6.10 Å². The fourth-order valence-corrected chi connectivity index (χ4v) is 3.95. The molecule has 3 nitrogen and oxygen atoms in total. The summed E-state index contributed by atoms with van der Waals surface area (Å²) < 4.78 is 6.67. The van der Waals surface area contributed by atoms with Gasteiger partial charge in [-0.1, -0.05) is 12.1 Å². The lowest BCUT2D eigenvalue weighted by Gasteiger charge is -2.53. The fraction of sp³-hybridized carbons (Fsp3) is 0.667. The molecule has 124 valence electrons. The zero-order chi connectivity index (χ0) is 16.4. The second kappa shape index (κ2) is 6.90. The van der Waals surface area contributed by atoms with Gasteiger partial charge in [0.1, 0.15) is 18.5 Å². The second-order valence-corrected chi connectivity index (χ2v) is 8.34. The van der Waals surface area contributed by atoms with Crippen molar-refractivity contribution >= 4 is 15.9 Å². The summed E-state index contributed by atoms with van der Waals surface area (Å²) in [5.74, 6) is 0.777. The van der Waals surface area contributed by atoms with Gasteiger partial charge in [-0.25, -0.2) is 0 Å². The van der Waals surface area contributed by atoms with E-state index in [0.717, 1.165) is 10.2 Å². The molecule has 0 aromatic heterocycles. The molecule has 1 fully saturated rings. The molecule has 22 heavy (non-hydrogen) atoms. The smallest absolute Gasteiger partial charge is 0.133 e. The van der Waals surface area contributed by atoms with Gasteiger partial charge in [-0.05, 0) is 75.0 Å². The molecule has 1 aromatic carbocycles. The summed E-state index contributed by atoms with van der Waals surface area (Å²) in [7, 11) is 0. The van der Waals surface area contributed by atoms with Crippen LogP contribution in [0.4, 0.5) is 0 Å². The second-order valence-electron chi connectivity index (χ2n) is 7.48. The minimum Gasteiger partial charge on any atom is -0.490 e. The molecule has 1 aliphatic rings. The van der Waals surface area contributed by atoms with Gasteiger partial charge < -0.3 is 9.84 Å². The summed E-state index contributed by atoms with van der Waals surface area (Å²) in [6.45, 7) is 10.0. The zero-order valence-electron chi connectivity index (χ0n) is 14.1. The van der Waals surface area contributed by atoms with Crippen LogP contribution in [0.5, 0.6) is 5.75 Å². The van der Waals surface area contributed by atoms with E-state index in [1.54, 1.807) is 0 Å². The molecule has 0 saturated carbocycles. The topological polar surface area (TPSA) is 32.7 Å². The van der Waals surface area contributed by atoms with E-state index in [2.05, 4.69) is 48.5 Å². The monoisotopic (exact) mass is 369 g/mol. The number of hydrogen-bond acceptors (Lipinski definition) is 3. The number of para-hydroxylation sites is 1. The summed E-state index contributed by atoms with van der Waals surface area (Å²) in [4.78, 5) is 2.44. The minimum absolute atomic E-state index is 0.121. The van der Waals surface area contributed by atoms with Crippen molar-refractivity contribution in [1.82, 2.24) is 4.90 Å². The first-order valence-corrected chi connectivity index (χ1v) is 8.85. The summed E-state index contributed by atoms with van der Waals surface area (Å²) >= 11 is 3.46. The number of hydrogen-bond donors (Lipinski definition) is 1. The van der Waals surface area contributed by atoms with Crippen molar-refractivity contribution in [2.75, 3.05) is 13.2 Å². The van der Waals surface area contributed by atoms with E-state index in [4.69, 9.17) is 4.74 Å². The standard InChI is InChI=1S/C18H28BrNO2/c1-17(2)10-7-11-18(3,4)20(17)12-14(21)13-22-16-9-6-5-8-15(16)19/h5-6,8-9,14,21H,7,10-13H2,1-4H3/t14-/m0/s1. The largest absolute Gasteiger partial charge is 0.490 e. The highest BCUT2D eigenvalue weighted by molar-refractivity contribution is 9.10. The van der Waals surface area contributed by atoms with E-state index in [-0.39, 0.29) is 11.1 Å². The molecular formula is C18H28BrNO2. The molecule has 1 aliphatic heterocycles. The van der Waals surface area contributed by atoms with Crippen molar-refractivity contribution in [2.24, 2.45) is 0 Å². The average molecular weight is 370 g/mol. The summed E-state index contributed by atoms with van der Waals surface area (Å²) in [6.07, 6.45) is 3.10. The predicted octanol–water partition coefficient (Wildman–Crippen LogP) is 4.23. The van der Waals surface area contributed by atoms with E-state index in [9.17, 15) is 5.11 Å². The van der Waals surface area contributed by atoms with Gasteiger partial charge in [0.05, 0.1) is 4.47 Å². The summed E-state index contributed by atoms with van der Waals surface area (Å²) in [6, 6.07) is 7.74. The van der Waals surface area contributed by atoms with Gasteiger partial charge in [0.15, 0.2) is 0 Å². The first-order chi connectivity index (χ1) is 10.2. The number of rotatable bonds is 5. The average Bonchev–Trinajstić information content (AvgIpc) is 2.42. The molecule has 0 aliphatic carbocycles. The van der Waals surface area contributed by atoms with Gasteiger partial charge in [-0.2, -0.15) is 0 Å². The van der Waals surface area contributed by atoms with E-state index in [0.29, 0.717) is 13.2 Å². The number of β-amino-alcohol motifs (C(OH)–C–C–N with tert-alkyl or cyclic N) is 1. The van der Waals surface area contributed by atoms with Gasteiger partial charge in [-0.3, -0.25) is 4.90 Å². The molecule has 0 radical (unpaired) electrons. The van der Waals surface area contributed by atoms with Crippen LogP contribution < -0.4 is 4.74 Å². The quantitative estimate of drug-likeness (QED) is 0.842. The number of aliphatic hydroxyl groups is 1. The van der Waals surface area contributed by atoms with Crippen LogP contribution in [-0.4, -0.2) is 40.3 Å². The van der Waals surface area contributed by atoms with Crippen molar-refractivity contribution < 1.29 is 9.84 Å². The first-order valence-electron chi connectivity index (χ1n) is 8.05. The maximum Gasteiger partial charge on any atom is 0.133 e. The van der Waals surface area contributed by atoms with Crippen molar-refractivity contribution in [3.05, 3.63) is 28.7 Å². The van der Waals surface area contributed by atoms with Crippen LogP contribution in [0.2, 0.25) is 0 Å². The van der Waals surface area contributed by atoms with Crippen molar-refractivity contribution in [3.63, 3.8) is 0 Å². The van der Waals surface area contributed by atoms with Crippen LogP contribution >= 0.6 is 15.9 Å².